The number of nitrogens with zero attached hydrogens (tertiary/aromatic N) is 1. The third kappa shape index (κ3) is 12.4. The van der Waals surface area contributed by atoms with Gasteiger partial charge in [0.25, 0.3) is 0 Å². The molecule has 1 heterocycles. The Morgan fingerprint density at radius 2 is 1.57 bits per heavy atom. The highest BCUT2D eigenvalue weighted by Crippen LogP contribution is 2.26. The Balaban J connectivity index is 2.47. The molecule has 0 aromatic carbocycles. The Bertz CT molecular complexity index is 990. The number of imide groups is 1. The second-order valence-corrected chi connectivity index (χ2v) is 10.6. The molecular weight excluding hydrogens is 552 g/mol. The van der Waals surface area contributed by atoms with Crippen LogP contribution in [0.2, 0.25) is 0 Å². The fraction of sp³-hybridized carbons (Fsp3) is 0.667. The number of unbranched alkanes of at least 4 members (excludes halogenated alkanes) is 2. The van der Waals surface area contributed by atoms with E-state index in [4.69, 9.17) is 10.2 Å². The number of Topliss-reactive ketones (excluding diaryl/α,β-unsaturated/α-hetero) is 1. The van der Waals surface area contributed by atoms with Crippen molar-refractivity contribution in [1.29, 1.82) is 0 Å². The Hall–Kier alpha value is -3.69. The number of thioether (sulfide) groups is 1. The molecule has 1 fully saturated rings. The third-order valence-corrected chi connectivity index (χ3v) is 7.40. The molecule has 1 saturated heterocycles. The van der Waals surface area contributed by atoms with Gasteiger partial charge in [-0.15, -0.1) is 11.8 Å². The van der Waals surface area contributed by atoms with E-state index in [2.05, 4.69) is 10.6 Å². The molecule has 0 saturated carbocycles. The number of nitrogens with one attached hydrogen (secondary N) is 3. The molecule has 0 aliphatic carbocycles. The molecule has 5 amide bonds. The van der Waals surface area contributed by atoms with E-state index in [1.54, 1.807) is 6.92 Å². The number of urea groups is 1. The van der Waals surface area contributed by atoms with Crippen LogP contribution >= 0.6 is 11.8 Å². The van der Waals surface area contributed by atoms with Gasteiger partial charge in [-0.3, -0.25) is 28.9 Å². The minimum Gasteiger partial charge on any atom is -0.481 e. The summed E-state index contributed by atoms with van der Waals surface area (Å²) in [5.41, 5.74) is 0. The summed E-state index contributed by atoms with van der Waals surface area (Å²) in [7, 11) is 0. The van der Waals surface area contributed by atoms with Gasteiger partial charge < -0.3 is 31.3 Å². The first-order chi connectivity index (χ1) is 18.7. The van der Waals surface area contributed by atoms with Crippen molar-refractivity contribution in [2.75, 3.05) is 18.8 Å². The zero-order valence-electron chi connectivity index (χ0n) is 22.3. The summed E-state index contributed by atoms with van der Waals surface area (Å²) in [4.78, 5) is 94.7. The van der Waals surface area contributed by atoms with Crippen LogP contribution in [0.15, 0.2) is 0 Å². The van der Waals surface area contributed by atoms with E-state index in [-0.39, 0.29) is 49.3 Å². The second kappa shape index (κ2) is 17.1. The van der Waals surface area contributed by atoms with Crippen LogP contribution in [0.25, 0.3) is 0 Å². The van der Waals surface area contributed by atoms with Gasteiger partial charge in [-0.25, -0.2) is 14.4 Å². The molecule has 0 radical (unpaired) electrons. The maximum atomic E-state index is 12.7. The van der Waals surface area contributed by atoms with Gasteiger partial charge in [0, 0.05) is 44.0 Å². The van der Waals surface area contributed by atoms with Gasteiger partial charge in [0.1, 0.15) is 17.9 Å². The lowest BCUT2D eigenvalue weighted by molar-refractivity contribution is -0.141. The second-order valence-electron chi connectivity index (χ2n) is 9.37. The first-order valence-corrected chi connectivity index (χ1v) is 13.7. The van der Waals surface area contributed by atoms with Crippen molar-refractivity contribution in [2.45, 2.75) is 76.1 Å². The number of aliphatic carboxylic acids is 3. The van der Waals surface area contributed by atoms with E-state index in [1.807, 2.05) is 5.32 Å². The predicted octanol–water partition coefficient (Wildman–Crippen LogP) is -0.181. The molecular formula is C24H36N4O11S. The van der Waals surface area contributed by atoms with Crippen LogP contribution in [0.3, 0.4) is 0 Å². The quantitative estimate of drug-likeness (QED) is 0.0851. The summed E-state index contributed by atoms with van der Waals surface area (Å²) in [5, 5.41) is 33.2. The molecule has 1 unspecified atom stereocenters. The van der Waals surface area contributed by atoms with E-state index in [1.165, 1.54) is 6.92 Å². The zero-order chi connectivity index (χ0) is 30.4. The van der Waals surface area contributed by atoms with Gasteiger partial charge in [-0.1, -0.05) is 13.3 Å². The number of likely N-dealkylation sites (tertiary alicyclic amines) is 1. The SMILES string of the molecule is CC(=O)[C@@H](C)CNC(=O)CCCCCN1C(=O)CC(SC[C@H](NC(=O)N[C@@H](CCC(=O)O)C(=O)O)C(=O)O)C1=O. The summed E-state index contributed by atoms with van der Waals surface area (Å²) in [6.07, 6.45) is 0.742. The molecule has 224 valence electrons. The largest absolute Gasteiger partial charge is 0.481 e. The molecule has 0 spiro atoms. The highest BCUT2D eigenvalue weighted by Gasteiger charge is 2.39. The van der Waals surface area contributed by atoms with Crippen LogP contribution < -0.4 is 16.0 Å². The smallest absolute Gasteiger partial charge is 0.327 e. The third-order valence-electron chi connectivity index (χ3n) is 6.11. The van der Waals surface area contributed by atoms with Crippen molar-refractivity contribution in [3.05, 3.63) is 0 Å². The number of carbonyl (C=O) groups excluding carboxylic acids is 5. The summed E-state index contributed by atoms with van der Waals surface area (Å²) in [6.45, 7) is 3.59. The van der Waals surface area contributed by atoms with Crippen molar-refractivity contribution in [3.63, 3.8) is 0 Å². The van der Waals surface area contributed by atoms with Gasteiger partial charge in [-0.05, 0) is 26.2 Å². The van der Waals surface area contributed by atoms with Gasteiger partial charge in [-0.2, -0.15) is 0 Å². The number of rotatable bonds is 19. The summed E-state index contributed by atoms with van der Waals surface area (Å²) < 4.78 is 0. The molecule has 6 N–H and O–H groups in total. The molecule has 40 heavy (non-hydrogen) atoms. The molecule has 0 aromatic heterocycles. The normalized spacial score (nSPS) is 17.1. The number of carboxylic acid groups (broad SMARTS) is 3. The lowest BCUT2D eigenvalue weighted by Gasteiger charge is -2.19. The van der Waals surface area contributed by atoms with Crippen LogP contribution in [0.4, 0.5) is 4.79 Å². The van der Waals surface area contributed by atoms with Crippen LogP contribution in [0.5, 0.6) is 0 Å². The van der Waals surface area contributed by atoms with Crippen molar-refractivity contribution < 1.29 is 53.7 Å². The maximum Gasteiger partial charge on any atom is 0.327 e. The molecule has 1 rings (SSSR count). The Morgan fingerprint density at radius 1 is 0.950 bits per heavy atom. The van der Waals surface area contributed by atoms with Crippen molar-refractivity contribution >= 4 is 59.2 Å². The van der Waals surface area contributed by atoms with E-state index in [9.17, 15) is 43.5 Å². The summed E-state index contributed by atoms with van der Waals surface area (Å²) in [5.74, 6) is -5.87. The van der Waals surface area contributed by atoms with Crippen LogP contribution in [0.1, 0.15) is 58.8 Å². The van der Waals surface area contributed by atoms with Gasteiger partial charge >= 0.3 is 23.9 Å². The molecule has 0 bridgehead atoms. The van der Waals surface area contributed by atoms with Gasteiger partial charge in [0.2, 0.25) is 17.7 Å². The minimum absolute atomic E-state index is 0.0178. The number of carbonyl (C=O) groups is 8. The van der Waals surface area contributed by atoms with E-state index in [0.29, 0.717) is 19.3 Å². The molecule has 0 aromatic rings. The first kappa shape index (κ1) is 34.3. The number of amides is 5. The Kier molecular flexibility index (Phi) is 14.7. The molecule has 15 nitrogen and oxygen atoms in total. The summed E-state index contributed by atoms with van der Waals surface area (Å²) in [6, 6.07) is -4.20. The fourth-order valence-corrected chi connectivity index (χ4v) is 4.70. The molecule has 4 atom stereocenters. The molecule has 1 aliphatic rings. The van der Waals surface area contributed by atoms with Crippen LogP contribution in [-0.4, -0.2) is 104 Å². The average Bonchev–Trinajstić information content (AvgIpc) is 3.13. The number of hydrogen-bond donors (Lipinski definition) is 6. The molecule has 1 aliphatic heterocycles. The zero-order valence-corrected chi connectivity index (χ0v) is 23.2. The van der Waals surface area contributed by atoms with Crippen molar-refractivity contribution in [3.8, 4) is 0 Å². The summed E-state index contributed by atoms with van der Waals surface area (Å²) >= 11 is 0.868. The fourth-order valence-electron chi connectivity index (χ4n) is 3.52. The highest BCUT2D eigenvalue weighted by molar-refractivity contribution is 8.00. The van der Waals surface area contributed by atoms with Crippen molar-refractivity contribution in [1.82, 2.24) is 20.9 Å². The Morgan fingerprint density at radius 3 is 2.15 bits per heavy atom. The van der Waals surface area contributed by atoms with E-state index in [0.717, 1.165) is 16.7 Å². The lowest BCUT2D eigenvalue weighted by atomic mass is 10.1. The van der Waals surface area contributed by atoms with Gasteiger partial charge in [0.05, 0.1) is 5.25 Å². The maximum absolute atomic E-state index is 12.7. The van der Waals surface area contributed by atoms with E-state index >= 15 is 0 Å². The minimum atomic E-state index is -1.55. The number of ketones is 1. The highest BCUT2D eigenvalue weighted by atomic mass is 32.2. The van der Waals surface area contributed by atoms with E-state index < -0.39 is 65.9 Å². The van der Waals surface area contributed by atoms with Crippen molar-refractivity contribution in [2.24, 2.45) is 5.92 Å². The van der Waals surface area contributed by atoms with Crippen LogP contribution in [-0.2, 0) is 33.6 Å². The number of carboxylic acids is 3. The average molecular weight is 589 g/mol. The predicted molar refractivity (Wildman–Crippen MR) is 140 cm³/mol. The number of hydrogen-bond acceptors (Lipinski definition) is 9. The first-order valence-electron chi connectivity index (χ1n) is 12.7. The molecule has 16 heteroatoms. The standard InChI is InChI=1S/C24H36N4O11S/c1-13(14(2)29)11-25-18(30)6-4-3-5-9-28-19(31)10-17(21(28)34)40-12-16(23(37)38)27-24(39)26-15(22(35)36)7-8-20(32)33/h13,15-17H,3-12H2,1-2H3,(H,25,30)(H,32,33)(H,35,36)(H,37,38)(H2,26,27,39)/t13-,15-,16-,17?/m0/s1. The van der Waals surface area contributed by atoms with Gasteiger partial charge in [0.15, 0.2) is 0 Å². The van der Waals surface area contributed by atoms with Crippen LogP contribution in [0, 0.1) is 5.92 Å². The topological polar surface area (TPSA) is 237 Å². The Labute approximate surface area is 234 Å². The monoisotopic (exact) mass is 588 g/mol. The lowest BCUT2D eigenvalue weighted by Crippen LogP contribution is -2.52.